The van der Waals surface area contributed by atoms with Gasteiger partial charge in [0.15, 0.2) is 6.61 Å². The molecule has 0 saturated heterocycles. The summed E-state index contributed by atoms with van der Waals surface area (Å²) in [6.45, 7) is 1.73. The zero-order valence-corrected chi connectivity index (χ0v) is 14.4. The van der Waals surface area contributed by atoms with E-state index in [0.717, 1.165) is 11.1 Å². The number of benzene rings is 2. The van der Waals surface area contributed by atoms with Gasteiger partial charge in [-0.2, -0.15) is 5.10 Å². The number of nitrogens with one attached hydrogen (secondary N) is 2. The van der Waals surface area contributed by atoms with Crippen LogP contribution in [0.5, 0.6) is 5.75 Å². The molecule has 0 radical (unpaired) electrons. The highest BCUT2D eigenvalue weighted by Crippen LogP contribution is 2.11. The van der Waals surface area contributed by atoms with Crippen molar-refractivity contribution in [2.45, 2.75) is 19.6 Å². The quantitative estimate of drug-likeness (QED) is 0.489. The fourth-order valence-electron chi connectivity index (χ4n) is 1.91. The van der Waals surface area contributed by atoms with Crippen LogP contribution in [0.25, 0.3) is 0 Å². The Morgan fingerprint density at radius 2 is 1.85 bits per heavy atom. The molecule has 2 aromatic carbocycles. The summed E-state index contributed by atoms with van der Waals surface area (Å²) in [7, 11) is 0. The third-order valence-corrected chi connectivity index (χ3v) is 3.35. The van der Waals surface area contributed by atoms with Crippen LogP contribution in [0.2, 0.25) is 0 Å². The lowest BCUT2D eigenvalue weighted by Gasteiger charge is -2.08. The summed E-state index contributed by atoms with van der Waals surface area (Å²) in [5.74, 6) is -0.243. The van der Waals surface area contributed by atoms with Gasteiger partial charge < -0.3 is 15.2 Å². The van der Waals surface area contributed by atoms with Crippen molar-refractivity contribution in [3.05, 3.63) is 65.7 Å². The minimum Gasteiger partial charge on any atom is -0.484 e. The van der Waals surface area contributed by atoms with E-state index >= 15 is 0 Å². The second-order valence-corrected chi connectivity index (χ2v) is 5.53. The molecule has 26 heavy (non-hydrogen) atoms. The van der Waals surface area contributed by atoms with E-state index in [4.69, 9.17) is 9.84 Å². The van der Waals surface area contributed by atoms with Crippen molar-refractivity contribution in [1.29, 1.82) is 0 Å². The lowest BCUT2D eigenvalue weighted by molar-refractivity contribution is -0.128. The third kappa shape index (κ3) is 6.74. The Kier molecular flexibility index (Phi) is 7.32. The van der Waals surface area contributed by atoms with E-state index in [1.807, 2.05) is 30.3 Å². The number of nitrogens with zero attached hydrogens (tertiary/aromatic N) is 1. The molecule has 7 heteroatoms. The molecule has 0 aliphatic carbocycles. The first-order valence-corrected chi connectivity index (χ1v) is 8.09. The van der Waals surface area contributed by atoms with E-state index in [1.165, 1.54) is 13.1 Å². The summed E-state index contributed by atoms with van der Waals surface area (Å²) in [6.07, 6.45) is 0.326. The molecular weight excluding hydrogens is 334 g/mol. The molecule has 0 unspecified atom stereocenters. The van der Waals surface area contributed by atoms with Crippen LogP contribution < -0.4 is 15.5 Å². The van der Waals surface area contributed by atoms with Crippen LogP contribution in [0, 0.1) is 0 Å². The summed E-state index contributed by atoms with van der Waals surface area (Å²) in [6, 6.07) is 16.5. The number of aliphatic hydroxyl groups excluding tert-OH is 1. The van der Waals surface area contributed by atoms with Crippen molar-refractivity contribution in [1.82, 2.24) is 10.7 Å². The molecule has 1 atom stereocenters. The molecule has 0 heterocycles. The number of rotatable bonds is 8. The normalized spacial score (nSPS) is 11.8. The number of hydrogen-bond acceptors (Lipinski definition) is 5. The van der Waals surface area contributed by atoms with E-state index in [0.29, 0.717) is 12.3 Å². The van der Waals surface area contributed by atoms with Gasteiger partial charge in [-0.25, -0.2) is 5.43 Å². The smallest absolute Gasteiger partial charge is 0.268 e. The maximum atomic E-state index is 11.8. The van der Waals surface area contributed by atoms with Gasteiger partial charge in [-0.1, -0.05) is 30.3 Å². The molecule has 0 saturated carbocycles. The summed E-state index contributed by atoms with van der Waals surface area (Å²) in [4.78, 5) is 22.9. The lowest BCUT2D eigenvalue weighted by Crippen LogP contribution is -2.28. The van der Waals surface area contributed by atoms with Crippen molar-refractivity contribution in [3.63, 3.8) is 0 Å². The highest BCUT2D eigenvalue weighted by Gasteiger charge is 2.06. The van der Waals surface area contributed by atoms with Gasteiger partial charge in [0.25, 0.3) is 11.8 Å². The molecule has 2 rings (SSSR count). The third-order valence-electron chi connectivity index (χ3n) is 3.35. The molecule has 2 amide bonds. The van der Waals surface area contributed by atoms with Gasteiger partial charge in [-0.15, -0.1) is 0 Å². The number of aliphatic hydroxyl groups is 1. The Morgan fingerprint density at radius 3 is 2.50 bits per heavy atom. The molecule has 2 aromatic rings. The lowest BCUT2D eigenvalue weighted by atomic mass is 10.2. The maximum absolute atomic E-state index is 11.8. The number of hydrogen-bond donors (Lipinski definition) is 3. The number of hydrazone groups is 1. The zero-order chi connectivity index (χ0) is 18.8. The Bertz CT molecular complexity index is 743. The van der Waals surface area contributed by atoms with E-state index < -0.39 is 12.0 Å². The predicted octanol–water partition coefficient (Wildman–Crippen LogP) is 1.21. The number of ether oxygens (including phenoxy) is 1. The van der Waals surface area contributed by atoms with Gasteiger partial charge in [0.1, 0.15) is 11.9 Å². The van der Waals surface area contributed by atoms with Crippen LogP contribution >= 0.6 is 0 Å². The molecule has 0 fully saturated rings. The average Bonchev–Trinajstić information content (AvgIpc) is 2.66. The van der Waals surface area contributed by atoms with Crippen molar-refractivity contribution < 1.29 is 19.4 Å². The first-order valence-electron chi connectivity index (χ1n) is 8.09. The second kappa shape index (κ2) is 9.95. The van der Waals surface area contributed by atoms with Gasteiger partial charge in [-0.05, 0) is 42.3 Å². The van der Waals surface area contributed by atoms with Crippen molar-refractivity contribution in [3.8, 4) is 5.75 Å². The number of carbonyl (C=O) groups is 2. The topological polar surface area (TPSA) is 100 Å². The molecule has 7 nitrogen and oxygen atoms in total. The highest BCUT2D eigenvalue weighted by atomic mass is 16.5. The van der Waals surface area contributed by atoms with Crippen LogP contribution in [-0.4, -0.2) is 35.8 Å². The monoisotopic (exact) mass is 355 g/mol. The van der Waals surface area contributed by atoms with Crippen LogP contribution in [0.4, 0.5) is 0 Å². The minimum atomic E-state index is -1.11. The van der Waals surface area contributed by atoms with Gasteiger partial charge in [0.05, 0.1) is 6.21 Å². The van der Waals surface area contributed by atoms with Crippen LogP contribution in [-0.2, 0) is 16.1 Å². The van der Waals surface area contributed by atoms with E-state index in [2.05, 4.69) is 15.8 Å². The maximum Gasteiger partial charge on any atom is 0.268 e. The summed E-state index contributed by atoms with van der Waals surface area (Å²) < 4.78 is 5.43. The summed E-state index contributed by atoms with van der Waals surface area (Å²) in [5, 5.41) is 15.5. The fraction of sp³-hybridized carbons (Fsp3) is 0.211. The van der Waals surface area contributed by atoms with Crippen molar-refractivity contribution in [2.24, 2.45) is 5.10 Å². The van der Waals surface area contributed by atoms with Crippen molar-refractivity contribution in [2.75, 3.05) is 6.61 Å². The fourth-order valence-corrected chi connectivity index (χ4v) is 1.91. The number of carbonyl (C=O) groups excluding carboxylic acids is 2. The first-order chi connectivity index (χ1) is 12.5. The van der Waals surface area contributed by atoms with Gasteiger partial charge in [-0.3, -0.25) is 9.59 Å². The van der Waals surface area contributed by atoms with Crippen LogP contribution in [0.3, 0.4) is 0 Å². The predicted molar refractivity (Wildman–Crippen MR) is 97.6 cm³/mol. The van der Waals surface area contributed by atoms with Gasteiger partial charge in [0.2, 0.25) is 0 Å². The van der Waals surface area contributed by atoms with E-state index in [1.54, 1.807) is 24.3 Å². The molecule has 0 aromatic heterocycles. The Hall–Kier alpha value is -3.19. The van der Waals surface area contributed by atoms with Gasteiger partial charge >= 0.3 is 0 Å². The Labute approximate surface area is 151 Å². The van der Waals surface area contributed by atoms with Crippen LogP contribution in [0.1, 0.15) is 18.1 Å². The molecule has 3 N–H and O–H groups in total. The highest BCUT2D eigenvalue weighted by molar-refractivity contribution is 5.84. The first kappa shape index (κ1) is 19.1. The van der Waals surface area contributed by atoms with E-state index in [-0.39, 0.29) is 12.5 Å². The second-order valence-electron chi connectivity index (χ2n) is 5.53. The molecule has 0 aliphatic heterocycles. The average molecular weight is 355 g/mol. The minimum absolute atomic E-state index is 0.0787. The van der Waals surface area contributed by atoms with Crippen LogP contribution in [0.15, 0.2) is 59.7 Å². The summed E-state index contributed by atoms with van der Waals surface area (Å²) >= 11 is 0. The number of amides is 2. The molecule has 136 valence electrons. The molecule has 0 bridgehead atoms. The molecule has 0 spiro atoms. The largest absolute Gasteiger partial charge is 0.484 e. The molecule has 0 aliphatic rings. The Balaban J connectivity index is 1.73. The summed E-state index contributed by atoms with van der Waals surface area (Å²) in [5.41, 5.74) is 3.96. The van der Waals surface area contributed by atoms with Gasteiger partial charge in [0, 0.05) is 6.54 Å². The Morgan fingerprint density at radius 1 is 1.15 bits per heavy atom. The standard InChI is InChI=1S/C19H21N3O4/c1-14(23)19(25)22-21-12-16-7-9-17(10-8-16)26-13-18(24)20-11-15-5-3-2-4-6-15/h2-10,12,14,23H,11,13H2,1H3,(H,20,24)(H,22,25)/b21-12-/t14-/m1/s1. The van der Waals surface area contributed by atoms with Crippen molar-refractivity contribution >= 4 is 18.0 Å². The van der Waals surface area contributed by atoms with E-state index in [9.17, 15) is 9.59 Å². The SMILES string of the molecule is C[C@@H](O)C(=O)N/N=C\c1ccc(OCC(=O)NCc2ccccc2)cc1. The molecular formula is C19H21N3O4. The zero-order valence-electron chi connectivity index (χ0n) is 14.4.